The lowest BCUT2D eigenvalue weighted by molar-refractivity contribution is 0.102. The van der Waals surface area contributed by atoms with Gasteiger partial charge in [0.25, 0.3) is 5.91 Å². The number of aromatic nitrogens is 1. The van der Waals surface area contributed by atoms with Crippen LogP contribution in [0.25, 0.3) is 0 Å². The van der Waals surface area contributed by atoms with E-state index in [4.69, 9.17) is 5.73 Å². The second kappa shape index (κ2) is 5.36. The molecule has 98 valence electrons. The Morgan fingerprint density at radius 1 is 1.47 bits per heavy atom. The zero-order valence-electron chi connectivity index (χ0n) is 10.1. The topological polar surface area (TPSA) is 68.0 Å². The minimum atomic E-state index is -0.598. The summed E-state index contributed by atoms with van der Waals surface area (Å²) in [7, 11) is 0. The van der Waals surface area contributed by atoms with Crippen LogP contribution in [0.1, 0.15) is 15.9 Å². The minimum absolute atomic E-state index is 0.0567. The number of rotatable bonds is 2. The summed E-state index contributed by atoms with van der Waals surface area (Å²) in [6.07, 6.45) is 1.45. The van der Waals surface area contributed by atoms with E-state index in [-0.39, 0.29) is 5.56 Å². The van der Waals surface area contributed by atoms with E-state index >= 15 is 0 Å². The summed E-state index contributed by atoms with van der Waals surface area (Å²) in [6, 6.07) is 5.96. The first kappa shape index (κ1) is 13.5. The lowest BCUT2D eigenvalue weighted by Crippen LogP contribution is -2.15. The highest BCUT2D eigenvalue weighted by atomic mass is 79.9. The maximum absolute atomic E-state index is 13.6. The van der Waals surface area contributed by atoms with Crippen molar-refractivity contribution in [1.29, 1.82) is 0 Å². The van der Waals surface area contributed by atoms with Crippen molar-refractivity contribution in [3.05, 3.63) is 51.9 Å². The summed E-state index contributed by atoms with van der Waals surface area (Å²) >= 11 is 3.15. The molecular formula is C13H11BrFN3O. The minimum Gasteiger partial charge on any atom is -0.397 e. The molecule has 0 fully saturated rings. The molecule has 0 saturated carbocycles. The zero-order chi connectivity index (χ0) is 14.0. The van der Waals surface area contributed by atoms with E-state index in [1.54, 1.807) is 19.1 Å². The standard InChI is InChI=1S/C13H11BrFN3O/c1-7-5-11(17-6-10(7)16)18-13(19)12-8(14)3-2-4-9(12)15/h2-6H,16H2,1H3,(H,17,18,19). The Bertz CT molecular complexity index is 626. The number of carbonyl (C=O) groups excluding carboxylic acids is 1. The molecule has 3 N–H and O–H groups in total. The summed E-state index contributed by atoms with van der Waals surface area (Å²) < 4.78 is 14.0. The van der Waals surface area contributed by atoms with Crippen LogP contribution in [-0.4, -0.2) is 10.9 Å². The lowest BCUT2D eigenvalue weighted by atomic mass is 10.2. The molecule has 0 unspecified atom stereocenters. The summed E-state index contributed by atoms with van der Waals surface area (Å²) in [4.78, 5) is 16.0. The molecule has 1 amide bonds. The van der Waals surface area contributed by atoms with E-state index in [0.29, 0.717) is 16.0 Å². The summed E-state index contributed by atoms with van der Waals surface area (Å²) in [5, 5.41) is 2.53. The van der Waals surface area contributed by atoms with Crippen LogP contribution >= 0.6 is 15.9 Å². The molecule has 0 radical (unpaired) electrons. The Balaban J connectivity index is 2.28. The fourth-order valence-corrected chi connectivity index (χ4v) is 2.05. The average molecular weight is 324 g/mol. The van der Waals surface area contributed by atoms with Crippen molar-refractivity contribution in [3.8, 4) is 0 Å². The van der Waals surface area contributed by atoms with Crippen molar-refractivity contribution < 1.29 is 9.18 Å². The smallest absolute Gasteiger partial charge is 0.260 e. The third kappa shape index (κ3) is 2.90. The average Bonchev–Trinajstić information content (AvgIpc) is 2.33. The first-order valence-electron chi connectivity index (χ1n) is 5.46. The molecule has 0 spiro atoms. The maximum atomic E-state index is 13.6. The normalized spacial score (nSPS) is 10.3. The molecule has 1 aromatic heterocycles. The Labute approximate surface area is 118 Å². The van der Waals surface area contributed by atoms with Crippen molar-refractivity contribution in [1.82, 2.24) is 4.98 Å². The van der Waals surface area contributed by atoms with Gasteiger partial charge in [0.05, 0.1) is 17.4 Å². The number of hydrogen-bond acceptors (Lipinski definition) is 3. The highest BCUT2D eigenvalue weighted by Gasteiger charge is 2.16. The number of amides is 1. The van der Waals surface area contributed by atoms with E-state index in [1.807, 2.05) is 0 Å². The molecular weight excluding hydrogens is 313 g/mol. The van der Waals surface area contributed by atoms with Crippen LogP contribution < -0.4 is 11.1 Å². The number of nitrogens with zero attached hydrogens (tertiary/aromatic N) is 1. The number of aryl methyl sites for hydroxylation is 1. The van der Waals surface area contributed by atoms with Gasteiger partial charge < -0.3 is 11.1 Å². The van der Waals surface area contributed by atoms with Crippen molar-refractivity contribution >= 4 is 33.3 Å². The molecule has 4 nitrogen and oxygen atoms in total. The number of nitrogens with two attached hydrogens (primary N) is 1. The van der Waals surface area contributed by atoms with Gasteiger partial charge in [0.15, 0.2) is 0 Å². The summed E-state index contributed by atoms with van der Waals surface area (Å²) in [5.41, 5.74) is 6.90. The maximum Gasteiger partial charge on any atom is 0.260 e. The molecule has 0 aliphatic rings. The van der Waals surface area contributed by atoms with Crippen molar-refractivity contribution in [2.75, 3.05) is 11.1 Å². The van der Waals surface area contributed by atoms with Crippen LogP contribution in [0.15, 0.2) is 34.9 Å². The lowest BCUT2D eigenvalue weighted by Gasteiger charge is -2.08. The van der Waals surface area contributed by atoms with Crippen LogP contribution in [0, 0.1) is 12.7 Å². The SMILES string of the molecule is Cc1cc(NC(=O)c2c(F)cccc2Br)ncc1N. The van der Waals surface area contributed by atoms with Gasteiger partial charge in [-0.1, -0.05) is 6.07 Å². The highest BCUT2D eigenvalue weighted by Crippen LogP contribution is 2.21. The molecule has 2 aromatic rings. The first-order valence-corrected chi connectivity index (χ1v) is 6.26. The van der Waals surface area contributed by atoms with Crippen LogP contribution in [0.4, 0.5) is 15.9 Å². The van der Waals surface area contributed by atoms with Crippen LogP contribution in [0.5, 0.6) is 0 Å². The van der Waals surface area contributed by atoms with Crippen LogP contribution in [0.2, 0.25) is 0 Å². The third-order valence-corrected chi connectivity index (χ3v) is 3.24. The second-order valence-electron chi connectivity index (χ2n) is 3.98. The molecule has 0 aliphatic heterocycles. The van der Waals surface area contributed by atoms with Gasteiger partial charge in [-0.05, 0) is 46.6 Å². The third-order valence-electron chi connectivity index (χ3n) is 2.58. The van der Waals surface area contributed by atoms with Crippen molar-refractivity contribution in [2.24, 2.45) is 0 Å². The number of halogens is 2. The molecule has 0 bridgehead atoms. The number of pyridine rings is 1. The van der Waals surface area contributed by atoms with E-state index in [1.165, 1.54) is 18.3 Å². The predicted octanol–water partition coefficient (Wildman–Crippen LogP) is 3.13. The van der Waals surface area contributed by atoms with E-state index in [2.05, 4.69) is 26.2 Å². The summed E-state index contributed by atoms with van der Waals surface area (Å²) in [6.45, 7) is 1.80. The fraction of sp³-hybridized carbons (Fsp3) is 0.0769. The Kier molecular flexibility index (Phi) is 3.80. The zero-order valence-corrected chi connectivity index (χ0v) is 11.7. The second-order valence-corrected chi connectivity index (χ2v) is 4.83. The van der Waals surface area contributed by atoms with E-state index < -0.39 is 11.7 Å². The molecule has 0 atom stereocenters. The molecule has 1 heterocycles. The van der Waals surface area contributed by atoms with Gasteiger partial charge in [0, 0.05) is 4.47 Å². The molecule has 0 aliphatic carbocycles. The number of benzene rings is 1. The van der Waals surface area contributed by atoms with Gasteiger partial charge in [-0.3, -0.25) is 4.79 Å². The quantitative estimate of drug-likeness (QED) is 0.892. The molecule has 19 heavy (non-hydrogen) atoms. The number of nitrogens with one attached hydrogen (secondary N) is 1. The molecule has 0 saturated heterocycles. The Morgan fingerprint density at radius 2 is 2.21 bits per heavy atom. The molecule has 2 rings (SSSR count). The van der Waals surface area contributed by atoms with E-state index in [9.17, 15) is 9.18 Å². The van der Waals surface area contributed by atoms with Crippen LogP contribution in [-0.2, 0) is 0 Å². The van der Waals surface area contributed by atoms with Gasteiger partial charge in [-0.15, -0.1) is 0 Å². The Morgan fingerprint density at radius 3 is 2.84 bits per heavy atom. The summed E-state index contributed by atoms with van der Waals surface area (Å²) in [5.74, 6) is -0.840. The monoisotopic (exact) mass is 323 g/mol. The number of anilines is 2. The van der Waals surface area contributed by atoms with Crippen molar-refractivity contribution in [2.45, 2.75) is 6.92 Å². The van der Waals surface area contributed by atoms with Crippen LogP contribution in [0.3, 0.4) is 0 Å². The first-order chi connectivity index (χ1) is 8.99. The largest absolute Gasteiger partial charge is 0.397 e. The van der Waals surface area contributed by atoms with Gasteiger partial charge in [0.2, 0.25) is 0 Å². The molecule has 6 heteroatoms. The van der Waals surface area contributed by atoms with Gasteiger partial charge in [0.1, 0.15) is 11.6 Å². The Hall–Kier alpha value is -1.95. The van der Waals surface area contributed by atoms with Gasteiger partial charge >= 0.3 is 0 Å². The fourth-order valence-electron chi connectivity index (χ4n) is 1.53. The van der Waals surface area contributed by atoms with Gasteiger partial charge in [-0.25, -0.2) is 9.37 Å². The number of hydrogen-bond donors (Lipinski definition) is 2. The van der Waals surface area contributed by atoms with E-state index in [0.717, 1.165) is 5.56 Å². The van der Waals surface area contributed by atoms with Gasteiger partial charge in [-0.2, -0.15) is 0 Å². The number of carbonyl (C=O) groups is 1. The highest BCUT2D eigenvalue weighted by molar-refractivity contribution is 9.10. The van der Waals surface area contributed by atoms with Crippen molar-refractivity contribution in [3.63, 3.8) is 0 Å². The predicted molar refractivity (Wildman–Crippen MR) is 75.4 cm³/mol. The molecule has 1 aromatic carbocycles. The number of nitrogen functional groups attached to an aromatic ring is 1.